The number of benzene rings is 3. The van der Waals surface area contributed by atoms with E-state index < -0.39 is 0 Å². The van der Waals surface area contributed by atoms with Crippen molar-refractivity contribution in [3.8, 4) is 0 Å². The molecule has 1 fully saturated rings. The summed E-state index contributed by atoms with van der Waals surface area (Å²) in [5.41, 5.74) is 2.27. The van der Waals surface area contributed by atoms with Gasteiger partial charge in [0.1, 0.15) is 0 Å². The molecule has 1 aliphatic carbocycles. The van der Waals surface area contributed by atoms with Gasteiger partial charge in [0, 0.05) is 0 Å². The Labute approximate surface area is 146 Å². The van der Waals surface area contributed by atoms with Gasteiger partial charge in [-0.05, 0) is 48.5 Å². The lowest BCUT2D eigenvalue weighted by Gasteiger charge is -2.30. The summed E-state index contributed by atoms with van der Waals surface area (Å²) in [6.45, 7) is 0. The molecule has 2 atom stereocenters. The van der Waals surface area contributed by atoms with Gasteiger partial charge >= 0.3 is 0 Å². The zero-order valence-electron chi connectivity index (χ0n) is 13.9. The van der Waals surface area contributed by atoms with Crippen molar-refractivity contribution in [2.45, 2.75) is 30.8 Å². The summed E-state index contributed by atoms with van der Waals surface area (Å²) in [4.78, 5) is 0. The lowest BCUT2D eigenvalue weighted by atomic mass is 9.98. The molecule has 0 saturated heterocycles. The van der Waals surface area contributed by atoms with Crippen molar-refractivity contribution in [3.05, 3.63) is 96.6 Å². The summed E-state index contributed by atoms with van der Waals surface area (Å²) in [5, 5.41) is 3.04. The molecular formula is C23H23P. The Morgan fingerprint density at radius 3 is 1.62 bits per heavy atom. The van der Waals surface area contributed by atoms with Crippen molar-refractivity contribution in [1.29, 1.82) is 0 Å². The second-order valence-electron chi connectivity index (χ2n) is 6.56. The van der Waals surface area contributed by atoms with Crippen LogP contribution in [0.25, 0.3) is 0 Å². The second-order valence-corrected chi connectivity index (χ2v) is 8.99. The molecule has 0 N–H and O–H groups in total. The van der Waals surface area contributed by atoms with Crippen molar-refractivity contribution >= 4 is 18.5 Å². The van der Waals surface area contributed by atoms with Gasteiger partial charge in [-0.1, -0.05) is 97.4 Å². The third-order valence-corrected chi connectivity index (χ3v) is 8.10. The van der Waals surface area contributed by atoms with Crippen molar-refractivity contribution < 1.29 is 0 Å². The predicted octanol–water partition coefficient (Wildman–Crippen LogP) is 5.46. The Kier molecular flexibility index (Phi) is 4.76. The normalized spacial score (nSPS) is 20.4. The minimum Gasteiger partial charge on any atom is -0.0622 e. The fourth-order valence-electron chi connectivity index (χ4n) is 4.05. The molecule has 0 bridgehead atoms. The van der Waals surface area contributed by atoms with Crippen LogP contribution in [0.1, 0.15) is 30.7 Å². The molecule has 3 aromatic carbocycles. The molecule has 1 unspecified atom stereocenters. The fourth-order valence-corrected chi connectivity index (χ4v) is 7.22. The smallest absolute Gasteiger partial charge is 0.00600 e. The number of hydrogen-bond acceptors (Lipinski definition) is 0. The van der Waals surface area contributed by atoms with E-state index in [9.17, 15) is 0 Å². The Morgan fingerprint density at radius 2 is 1.08 bits per heavy atom. The van der Waals surface area contributed by atoms with E-state index in [4.69, 9.17) is 0 Å². The highest BCUT2D eigenvalue weighted by atomic mass is 31.1. The lowest BCUT2D eigenvalue weighted by Crippen LogP contribution is -2.23. The molecule has 1 saturated carbocycles. The summed E-state index contributed by atoms with van der Waals surface area (Å²) in [5.74, 6) is 0.692. The molecule has 0 amide bonds. The van der Waals surface area contributed by atoms with Crippen LogP contribution < -0.4 is 10.6 Å². The van der Waals surface area contributed by atoms with E-state index in [1.165, 1.54) is 35.4 Å². The van der Waals surface area contributed by atoms with E-state index in [1.807, 2.05) is 0 Å². The first-order valence-electron chi connectivity index (χ1n) is 8.88. The Bertz CT molecular complexity index is 712. The van der Waals surface area contributed by atoms with Gasteiger partial charge in [-0.3, -0.25) is 0 Å². The van der Waals surface area contributed by atoms with Gasteiger partial charge in [0.05, 0.1) is 0 Å². The van der Waals surface area contributed by atoms with Crippen LogP contribution in [-0.4, -0.2) is 5.66 Å². The highest BCUT2D eigenvalue weighted by Gasteiger charge is 2.35. The minimum absolute atomic E-state index is 0.315. The largest absolute Gasteiger partial charge is 0.0622 e. The summed E-state index contributed by atoms with van der Waals surface area (Å²) >= 11 is 0. The Hall–Kier alpha value is -1.91. The van der Waals surface area contributed by atoms with Gasteiger partial charge in [-0.2, -0.15) is 0 Å². The molecule has 120 valence electrons. The van der Waals surface area contributed by atoms with Crippen LogP contribution in [0.5, 0.6) is 0 Å². The first-order chi connectivity index (χ1) is 11.9. The van der Waals surface area contributed by atoms with Gasteiger partial charge < -0.3 is 0 Å². The molecule has 0 nitrogen and oxygen atoms in total. The summed E-state index contributed by atoms with van der Waals surface area (Å²) < 4.78 is 0. The molecule has 1 heteroatoms. The van der Waals surface area contributed by atoms with E-state index in [1.54, 1.807) is 0 Å². The van der Waals surface area contributed by atoms with Gasteiger partial charge in [0.25, 0.3) is 0 Å². The van der Waals surface area contributed by atoms with Crippen molar-refractivity contribution in [2.75, 3.05) is 0 Å². The molecule has 24 heavy (non-hydrogen) atoms. The van der Waals surface area contributed by atoms with Crippen LogP contribution in [0.15, 0.2) is 91.0 Å². The van der Waals surface area contributed by atoms with E-state index in [2.05, 4.69) is 91.0 Å². The van der Waals surface area contributed by atoms with Crippen LogP contribution in [0.3, 0.4) is 0 Å². The highest BCUT2D eigenvalue weighted by Crippen LogP contribution is 2.53. The number of hydrogen-bond donors (Lipinski definition) is 0. The molecule has 0 aliphatic heterocycles. The van der Waals surface area contributed by atoms with E-state index in [-0.39, 0.29) is 7.92 Å². The molecule has 0 heterocycles. The first-order valence-corrected chi connectivity index (χ1v) is 10.3. The molecule has 0 radical (unpaired) electrons. The van der Waals surface area contributed by atoms with Crippen molar-refractivity contribution in [2.24, 2.45) is 0 Å². The third kappa shape index (κ3) is 3.17. The average Bonchev–Trinajstić information content (AvgIpc) is 3.14. The second kappa shape index (κ2) is 7.32. The average molecular weight is 330 g/mol. The molecule has 4 rings (SSSR count). The SMILES string of the molecule is c1ccc([C@H]2CCCC2P(c2ccccc2)c2ccccc2)cc1. The van der Waals surface area contributed by atoms with Crippen LogP contribution in [0.4, 0.5) is 0 Å². The lowest BCUT2D eigenvalue weighted by molar-refractivity contribution is 0.732. The van der Waals surface area contributed by atoms with Crippen LogP contribution >= 0.6 is 7.92 Å². The maximum absolute atomic E-state index is 2.33. The topological polar surface area (TPSA) is 0 Å². The Morgan fingerprint density at radius 1 is 0.583 bits per heavy atom. The van der Waals surface area contributed by atoms with Crippen molar-refractivity contribution in [1.82, 2.24) is 0 Å². The maximum atomic E-state index is 2.33. The molecule has 3 aromatic rings. The van der Waals surface area contributed by atoms with Crippen LogP contribution in [0, 0.1) is 0 Å². The highest BCUT2D eigenvalue weighted by molar-refractivity contribution is 7.73. The predicted molar refractivity (Wildman–Crippen MR) is 106 cm³/mol. The van der Waals surface area contributed by atoms with Gasteiger partial charge in [-0.15, -0.1) is 0 Å². The minimum atomic E-state index is -0.315. The first kappa shape index (κ1) is 15.6. The summed E-state index contributed by atoms with van der Waals surface area (Å²) in [6.07, 6.45) is 4.02. The fraction of sp³-hybridized carbons (Fsp3) is 0.217. The molecular weight excluding hydrogens is 307 g/mol. The zero-order valence-corrected chi connectivity index (χ0v) is 14.8. The summed E-state index contributed by atoms with van der Waals surface area (Å²) in [6, 6.07) is 33.5. The van der Waals surface area contributed by atoms with E-state index in [0.29, 0.717) is 5.92 Å². The Balaban J connectivity index is 1.76. The number of rotatable bonds is 4. The van der Waals surface area contributed by atoms with Crippen LogP contribution in [0.2, 0.25) is 0 Å². The molecule has 1 aliphatic rings. The zero-order chi connectivity index (χ0) is 16.2. The quantitative estimate of drug-likeness (QED) is 0.558. The summed E-state index contributed by atoms with van der Waals surface area (Å²) in [7, 11) is -0.315. The van der Waals surface area contributed by atoms with Gasteiger partial charge in [-0.25, -0.2) is 0 Å². The molecule has 0 spiro atoms. The van der Waals surface area contributed by atoms with E-state index in [0.717, 1.165) is 5.66 Å². The monoisotopic (exact) mass is 330 g/mol. The standard InChI is InChI=1S/C23H23P/c1-4-11-19(12-5-1)22-17-10-18-23(22)24(20-13-6-2-7-14-20)21-15-8-3-9-16-21/h1-9,11-16,22-23H,10,17-18H2/t22-,23?/m1/s1. The van der Waals surface area contributed by atoms with Crippen molar-refractivity contribution in [3.63, 3.8) is 0 Å². The third-order valence-electron chi connectivity index (χ3n) is 5.11. The van der Waals surface area contributed by atoms with E-state index >= 15 is 0 Å². The van der Waals surface area contributed by atoms with Gasteiger partial charge in [0.15, 0.2) is 0 Å². The molecule has 0 aromatic heterocycles. The van der Waals surface area contributed by atoms with Crippen LogP contribution in [-0.2, 0) is 0 Å². The maximum Gasteiger partial charge on any atom is -0.00600 e. The van der Waals surface area contributed by atoms with Gasteiger partial charge in [0.2, 0.25) is 0 Å².